The van der Waals surface area contributed by atoms with Crippen molar-refractivity contribution in [2.75, 3.05) is 13.7 Å². The molecule has 0 saturated carbocycles. The summed E-state index contributed by atoms with van der Waals surface area (Å²) in [5, 5.41) is 0. The Balaban J connectivity index is 1.90. The Morgan fingerprint density at radius 2 is 1.41 bits per heavy atom. The first-order valence-corrected chi connectivity index (χ1v) is 9.15. The molecule has 0 saturated heterocycles. The summed E-state index contributed by atoms with van der Waals surface area (Å²) in [6.45, 7) is 0.307. The standard InChI is InChI=1S/C22H21NO6/c1-27-22(26)23-15-9-8-14-18(23)19(20(24)28-16-10-4-2-5-11-16)21(25)29-17-12-6-3-7-13-17/h2-8,10-14,18-19H,9,15H2,1H3/t18-/m1/s1. The van der Waals surface area contributed by atoms with Gasteiger partial charge in [-0.15, -0.1) is 0 Å². The van der Waals surface area contributed by atoms with Crippen LogP contribution in [0.3, 0.4) is 0 Å². The van der Waals surface area contributed by atoms with Crippen molar-refractivity contribution < 1.29 is 28.6 Å². The van der Waals surface area contributed by atoms with Crippen molar-refractivity contribution in [1.29, 1.82) is 0 Å². The number of benzene rings is 2. The third-order valence-corrected chi connectivity index (χ3v) is 4.41. The molecule has 29 heavy (non-hydrogen) atoms. The second kappa shape index (κ2) is 9.54. The maximum absolute atomic E-state index is 13.0. The molecule has 1 aliphatic rings. The van der Waals surface area contributed by atoms with Crippen LogP contribution < -0.4 is 9.47 Å². The largest absolute Gasteiger partial charge is 0.453 e. The predicted molar refractivity (Wildman–Crippen MR) is 104 cm³/mol. The highest BCUT2D eigenvalue weighted by molar-refractivity contribution is 5.98. The monoisotopic (exact) mass is 395 g/mol. The highest BCUT2D eigenvalue weighted by atomic mass is 16.6. The summed E-state index contributed by atoms with van der Waals surface area (Å²) in [5.41, 5.74) is 0. The van der Waals surface area contributed by atoms with Crippen molar-refractivity contribution in [3.05, 3.63) is 72.8 Å². The first-order valence-electron chi connectivity index (χ1n) is 9.15. The van der Waals surface area contributed by atoms with Gasteiger partial charge < -0.3 is 19.1 Å². The van der Waals surface area contributed by atoms with E-state index in [0.29, 0.717) is 24.5 Å². The van der Waals surface area contributed by atoms with E-state index in [4.69, 9.17) is 14.2 Å². The highest BCUT2D eigenvalue weighted by Gasteiger charge is 2.43. The number of amides is 1. The maximum Gasteiger partial charge on any atom is 0.410 e. The molecule has 1 atom stereocenters. The fourth-order valence-electron chi connectivity index (χ4n) is 3.03. The predicted octanol–water partition coefficient (Wildman–Crippen LogP) is 3.21. The van der Waals surface area contributed by atoms with E-state index in [-0.39, 0.29) is 0 Å². The summed E-state index contributed by atoms with van der Waals surface area (Å²) in [7, 11) is 1.25. The summed E-state index contributed by atoms with van der Waals surface area (Å²) in [5.74, 6) is -2.44. The first-order chi connectivity index (χ1) is 14.1. The van der Waals surface area contributed by atoms with Crippen LogP contribution in [0.2, 0.25) is 0 Å². The van der Waals surface area contributed by atoms with E-state index < -0.39 is 30.0 Å². The molecule has 0 radical (unpaired) electrons. The lowest BCUT2D eigenvalue weighted by atomic mass is 9.95. The molecular weight excluding hydrogens is 374 g/mol. The molecule has 7 heteroatoms. The summed E-state index contributed by atoms with van der Waals surface area (Å²) in [6.07, 6.45) is 3.39. The Hall–Kier alpha value is -3.61. The van der Waals surface area contributed by atoms with Gasteiger partial charge in [0.25, 0.3) is 0 Å². The molecule has 7 nitrogen and oxygen atoms in total. The van der Waals surface area contributed by atoms with E-state index in [0.717, 1.165) is 0 Å². The lowest BCUT2D eigenvalue weighted by Gasteiger charge is -2.34. The lowest BCUT2D eigenvalue weighted by Crippen LogP contribution is -2.52. The molecule has 0 spiro atoms. The number of hydrogen-bond acceptors (Lipinski definition) is 6. The normalized spacial score (nSPS) is 15.7. The number of nitrogens with zero attached hydrogens (tertiary/aromatic N) is 1. The molecule has 0 bridgehead atoms. The van der Waals surface area contributed by atoms with Crippen molar-refractivity contribution in [2.45, 2.75) is 12.5 Å². The van der Waals surface area contributed by atoms with Gasteiger partial charge in [-0.3, -0.25) is 9.59 Å². The number of carbonyl (C=O) groups excluding carboxylic acids is 3. The van der Waals surface area contributed by atoms with Crippen LogP contribution in [-0.2, 0) is 14.3 Å². The first kappa shape index (κ1) is 20.1. The van der Waals surface area contributed by atoms with Crippen molar-refractivity contribution in [3.8, 4) is 11.5 Å². The minimum Gasteiger partial charge on any atom is -0.453 e. The number of methoxy groups -OCH3 is 1. The van der Waals surface area contributed by atoms with Gasteiger partial charge in [-0.2, -0.15) is 0 Å². The van der Waals surface area contributed by atoms with Crippen LogP contribution in [-0.4, -0.2) is 42.6 Å². The fourth-order valence-corrected chi connectivity index (χ4v) is 3.03. The topological polar surface area (TPSA) is 82.1 Å². The van der Waals surface area contributed by atoms with E-state index in [1.807, 2.05) is 6.08 Å². The quantitative estimate of drug-likeness (QED) is 0.335. The van der Waals surface area contributed by atoms with Gasteiger partial charge in [-0.1, -0.05) is 48.6 Å². The summed E-state index contributed by atoms with van der Waals surface area (Å²) in [4.78, 5) is 39.5. The van der Waals surface area contributed by atoms with Crippen molar-refractivity contribution in [2.24, 2.45) is 5.92 Å². The zero-order valence-electron chi connectivity index (χ0n) is 15.9. The van der Waals surface area contributed by atoms with Crippen LogP contribution in [0, 0.1) is 5.92 Å². The maximum atomic E-state index is 13.0. The average Bonchev–Trinajstić information content (AvgIpc) is 2.75. The molecular formula is C22H21NO6. The molecule has 1 aliphatic heterocycles. The number of hydrogen-bond donors (Lipinski definition) is 0. The smallest absolute Gasteiger partial charge is 0.410 e. The number of para-hydroxylation sites is 2. The van der Waals surface area contributed by atoms with Crippen LogP contribution >= 0.6 is 0 Å². The molecule has 0 fully saturated rings. The fraction of sp³-hybridized carbons (Fsp3) is 0.227. The highest BCUT2D eigenvalue weighted by Crippen LogP contribution is 2.24. The van der Waals surface area contributed by atoms with Gasteiger partial charge in [0.2, 0.25) is 0 Å². The summed E-state index contributed by atoms with van der Waals surface area (Å²) < 4.78 is 15.6. The van der Waals surface area contributed by atoms with Crippen LogP contribution in [0.1, 0.15) is 6.42 Å². The Bertz CT molecular complexity index is 827. The van der Waals surface area contributed by atoms with Crippen LogP contribution in [0.25, 0.3) is 0 Å². The van der Waals surface area contributed by atoms with Crippen molar-refractivity contribution >= 4 is 18.0 Å². The molecule has 0 N–H and O–H groups in total. The molecule has 0 aromatic heterocycles. The van der Waals surface area contributed by atoms with Crippen LogP contribution in [0.5, 0.6) is 11.5 Å². The third-order valence-electron chi connectivity index (χ3n) is 4.41. The minimum atomic E-state index is -1.38. The minimum absolute atomic E-state index is 0.291. The molecule has 3 rings (SSSR count). The molecule has 0 unspecified atom stereocenters. The third kappa shape index (κ3) is 5.01. The van der Waals surface area contributed by atoms with Gasteiger partial charge in [-0.05, 0) is 30.7 Å². The van der Waals surface area contributed by atoms with Gasteiger partial charge in [0, 0.05) is 6.54 Å². The molecule has 1 amide bonds. The van der Waals surface area contributed by atoms with Gasteiger partial charge in [0.15, 0.2) is 5.92 Å². The van der Waals surface area contributed by atoms with Gasteiger partial charge in [-0.25, -0.2) is 4.79 Å². The van der Waals surface area contributed by atoms with E-state index in [1.165, 1.54) is 12.0 Å². The SMILES string of the molecule is COC(=O)N1CCC=C[C@@H]1C(C(=O)Oc1ccccc1)C(=O)Oc1ccccc1. The number of esters is 2. The Morgan fingerprint density at radius 1 is 0.897 bits per heavy atom. The molecule has 2 aromatic rings. The van der Waals surface area contributed by atoms with Crippen molar-refractivity contribution in [1.82, 2.24) is 4.90 Å². The van der Waals surface area contributed by atoms with E-state index >= 15 is 0 Å². The summed E-state index contributed by atoms with van der Waals surface area (Å²) in [6, 6.07) is 15.9. The second-order valence-corrected chi connectivity index (χ2v) is 6.32. The second-order valence-electron chi connectivity index (χ2n) is 6.32. The van der Waals surface area contributed by atoms with Gasteiger partial charge in [0.1, 0.15) is 11.5 Å². The van der Waals surface area contributed by atoms with Gasteiger partial charge >= 0.3 is 18.0 Å². The lowest BCUT2D eigenvalue weighted by molar-refractivity contribution is -0.153. The van der Waals surface area contributed by atoms with E-state index in [2.05, 4.69) is 0 Å². The van der Waals surface area contributed by atoms with Crippen molar-refractivity contribution in [3.63, 3.8) is 0 Å². The summed E-state index contributed by atoms with van der Waals surface area (Å²) >= 11 is 0. The molecule has 150 valence electrons. The number of rotatable bonds is 5. The van der Waals surface area contributed by atoms with E-state index in [9.17, 15) is 14.4 Å². The zero-order chi connectivity index (χ0) is 20.6. The van der Waals surface area contributed by atoms with Gasteiger partial charge in [0.05, 0.1) is 13.2 Å². The molecule has 2 aromatic carbocycles. The van der Waals surface area contributed by atoms with E-state index in [1.54, 1.807) is 66.7 Å². The molecule has 0 aliphatic carbocycles. The Morgan fingerprint density at radius 3 is 1.90 bits per heavy atom. The Labute approximate surface area is 168 Å². The Kier molecular flexibility index (Phi) is 6.63. The number of ether oxygens (including phenoxy) is 3. The van der Waals surface area contributed by atoms with Crippen LogP contribution in [0.15, 0.2) is 72.8 Å². The molecule has 1 heterocycles. The number of carbonyl (C=O) groups is 3. The average molecular weight is 395 g/mol. The zero-order valence-corrected chi connectivity index (χ0v) is 15.9. The van der Waals surface area contributed by atoms with Crippen LogP contribution in [0.4, 0.5) is 4.79 Å².